The highest BCUT2D eigenvalue weighted by Gasteiger charge is 2.22. The molecule has 0 aliphatic heterocycles. The van der Waals surface area contributed by atoms with E-state index in [1.54, 1.807) is 41.3 Å². The number of hydrogen-bond donors (Lipinski definition) is 1. The van der Waals surface area contributed by atoms with Gasteiger partial charge in [0.05, 0.1) is 10.7 Å². The number of phenols is 1. The van der Waals surface area contributed by atoms with Gasteiger partial charge in [0, 0.05) is 20.6 Å². The van der Waals surface area contributed by atoms with Crippen molar-refractivity contribution in [2.75, 3.05) is 0 Å². The molecule has 0 spiro atoms. The van der Waals surface area contributed by atoms with E-state index in [1.165, 1.54) is 22.1 Å². The van der Waals surface area contributed by atoms with Crippen molar-refractivity contribution >= 4 is 34.7 Å². The number of rotatable bonds is 7. The molecule has 0 saturated carbocycles. The number of aryl methyl sites for hydroxylation is 3. The van der Waals surface area contributed by atoms with Crippen LogP contribution in [0.4, 0.5) is 4.39 Å². The highest BCUT2D eigenvalue weighted by atomic mass is 35.5. The maximum Gasteiger partial charge on any atom is 0.141 e. The molecule has 2 nitrogen and oxygen atoms in total. The number of thiazole rings is 1. The Balaban J connectivity index is 1.46. The molecule has 38 heavy (non-hydrogen) atoms. The maximum atomic E-state index is 13.6. The first-order chi connectivity index (χ1) is 18.3. The summed E-state index contributed by atoms with van der Waals surface area (Å²) in [4.78, 5) is 7.28. The van der Waals surface area contributed by atoms with E-state index in [2.05, 4.69) is 62.4 Å². The molecule has 1 atom stereocenters. The third kappa shape index (κ3) is 5.96. The predicted octanol–water partition coefficient (Wildman–Crippen LogP) is 9.98. The molecule has 0 amide bonds. The Kier molecular flexibility index (Phi) is 7.89. The first kappa shape index (κ1) is 26.5. The van der Waals surface area contributed by atoms with Crippen molar-refractivity contribution < 1.29 is 9.50 Å². The average molecular weight is 560 g/mol. The zero-order valence-electron chi connectivity index (χ0n) is 21.3. The van der Waals surface area contributed by atoms with Crippen LogP contribution in [0.2, 0.25) is 5.02 Å². The number of aromatic hydroxyl groups is 1. The smallest absolute Gasteiger partial charge is 0.141 e. The van der Waals surface area contributed by atoms with E-state index >= 15 is 0 Å². The van der Waals surface area contributed by atoms with Crippen molar-refractivity contribution in [3.05, 3.63) is 123 Å². The number of hydrogen-bond acceptors (Lipinski definition) is 4. The van der Waals surface area contributed by atoms with E-state index in [1.807, 2.05) is 19.1 Å². The van der Waals surface area contributed by atoms with Gasteiger partial charge < -0.3 is 5.11 Å². The average Bonchev–Trinajstić information content (AvgIpc) is 3.30. The maximum absolute atomic E-state index is 13.6. The van der Waals surface area contributed by atoms with Gasteiger partial charge in [-0.3, -0.25) is 0 Å². The Morgan fingerprint density at radius 3 is 2.24 bits per heavy atom. The SMILES string of the molecule is Cc1ccc(-c2nc(C)c(C(Cc3ccc(-c4ccc(F)c(Cl)c4)cc3)Sc3ccc(O)c(C)c3)s2)cc1. The Labute approximate surface area is 236 Å². The normalized spacial score (nSPS) is 12.0. The topological polar surface area (TPSA) is 33.1 Å². The van der Waals surface area contributed by atoms with Gasteiger partial charge in [0.15, 0.2) is 0 Å². The summed E-state index contributed by atoms with van der Waals surface area (Å²) < 4.78 is 13.6. The van der Waals surface area contributed by atoms with Crippen LogP contribution in [0.3, 0.4) is 0 Å². The summed E-state index contributed by atoms with van der Waals surface area (Å²) >= 11 is 9.53. The van der Waals surface area contributed by atoms with Crippen molar-refractivity contribution in [1.29, 1.82) is 0 Å². The summed E-state index contributed by atoms with van der Waals surface area (Å²) in [6.07, 6.45) is 0.811. The summed E-state index contributed by atoms with van der Waals surface area (Å²) in [5.74, 6) is -0.112. The molecule has 1 unspecified atom stereocenters. The minimum atomic E-state index is -0.415. The number of aromatic nitrogens is 1. The molecule has 192 valence electrons. The first-order valence-electron chi connectivity index (χ1n) is 12.3. The van der Waals surface area contributed by atoms with Crippen LogP contribution >= 0.6 is 34.7 Å². The standard InChI is InChI=1S/C32H27ClFNOS2/c1-19-4-8-24(9-5-19)32-35-21(3)31(38-32)30(37-26-13-15-29(36)20(2)16-26)17-22-6-10-23(11-7-22)25-12-14-28(34)27(33)18-25/h4-16,18,30,36H,17H2,1-3H3. The summed E-state index contributed by atoms with van der Waals surface area (Å²) in [6.45, 7) is 6.09. The van der Waals surface area contributed by atoms with E-state index in [9.17, 15) is 9.50 Å². The zero-order valence-corrected chi connectivity index (χ0v) is 23.7. The van der Waals surface area contributed by atoms with E-state index in [0.29, 0.717) is 5.75 Å². The lowest BCUT2D eigenvalue weighted by Crippen LogP contribution is -1.99. The summed E-state index contributed by atoms with van der Waals surface area (Å²) in [6, 6.07) is 27.4. The summed E-state index contributed by atoms with van der Waals surface area (Å²) in [7, 11) is 0. The van der Waals surface area contributed by atoms with Crippen LogP contribution in [0.5, 0.6) is 5.75 Å². The molecule has 1 aromatic heterocycles. The van der Waals surface area contributed by atoms with E-state index < -0.39 is 5.82 Å². The highest BCUT2D eigenvalue weighted by molar-refractivity contribution is 7.99. The van der Waals surface area contributed by atoms with Gasteiger partial charge in [0.1, 0.15) is 16.6 Å². The van der Waals surface area contributed by atoms with Gasteiger partial charge in [-0.25, -0.2) is 9.37 Å². The molecule has 5 rings (SSSR count). The first-order valence-corrected chi connectivity index (χ1v) is 14.4. The highest BCUT2D eigenvalue weighted by Crippen LogP contribution is 2.44. The van der Waals surface area contributed by atoms with Crippen LogP contribution in [0.25, 0.3) is 21.7 Å². The fourth-order valence-corrected chi connectivity index (χ4v) is 7.10. The fourth-order valence-electron chi connectivity index (χ4n) is 4.30. The molecule has 1 N–H and O–H groups in total. The van der Waals surface area contributed by atoms with Crippen LogP contribution < -0.4 is 0 Å². The van der Waals surface area contributed by atoms with Crippen molar-refractivity contribution in [2.45, 2.75) is 37.3 Å². The Morgan fingerprint density at radius 2 is 1.55 bits per heavy atom. The molecule has 0 radical (unpaired) electrons. The van der Waals surface area contributed by atoms with Gasteiger partial charge in [-0.2, -0.15) is 0 Å². The van der Waals surface area contributed by atoms with Crippen LogP contribution in [0.1, 0.15) is 32.5 Å². The lowest BCUT2D eigenvalue weighted by Gasteiger charge is -2.17. The lowest BCUT2D eigenvalue weighted by molar-refractivity contribution is 0.470. The van der Waals surface area contributed by atoms with Crippen molar-refractivity contribution in [2.24, 2.45) is 0 Å². The molecule has 0 aliphatic carbocycles. The number of benzene rings is 4. The quantitative estimate of drug-likeness (QED) is 0.201. The Bertz CT molecular complexity index is 1580. The second-order valence-electron chi connectivity index (χ2n) is 9.42. The summed E-state index contributed by atoms with van der Waals surface area (Å²) in [5.41, 5.74) is 7.32. The van der Waals surface area contributed by atoms with Gasteiger partial charge in [-0.05, 0) is 79.8 Å². The zero-order chi connectivity index (χ0) is 26.8. The van der Waals surface area contributed by atoms with Crippen LogP contribution in [-0.2, 0) is 6.42 Å². The molecular formula is C32H27ClFNOS2. The molecule has 0 aliphatic rings. The van der Waals surface area contributed by atoms with Crippen LogP contribution in [0, 0.1) is 26.6 Å². The number of thioether (sulfide) groups is 1. The van der Waals surface area contributed by atoms with Gasteiger partial charge >= 0.3 is 0 Å². The molecule has 0 bridgehead atoms. The number of phenolic OH excluding ortho intramolecular Hbond substituents is 1. The molecule has 6 heteroatoms. The molecule has 5 aromatic rings. The van der Waals surface area contributed by atoms with Crippen molar-refractivity contribution in [3.63, 3.8) is 0 Å². The second kappa shape index (κ2) is 11.3. The fraction of sp³-hybridized carbons (Fsp3) is 0.156. The largest absolute Gasteiger partial charge is 0.508 e. The van der Waals surface area contributed by atoms with Gasteiger partial charge in [0.25, 0.3) is 0 Å². The third-order valence-electron chi connectivity index (χ3n) is 6.50. The Hall–Kier alpha value is -3.12. The van der Waals surface area contributed by atoms with Crippen molar-refractivity contribution in [1.82, 2.24) is 4.98 Å². The molecular weight excluding hydrogens is 533 g/mol. The second-order valence-corrected chi connectivity index (χ2v) is 12.1. The van der Waals surface area contributed by atoms with Crippen LogP contribution in [-0.4, -0.2) is 10.1 Å². The van der Waals surface area contributed by atoms with Gasteiger partial charge in [-0.15, -0.1) is 23.1 Å². The predicted molar refractivity (Wildman–Crippen MR) is 159 cm³/mol. The van der Waals surface area contributed by atoms with Crippen LogP contribution in [0.15, 0.2) is 89.8 Å². The third-order valence-corrected chi connectivity index (χ3v) is 9.47. The number of nitrogens with zero attached hydrogens (tertiary/aromatic N) is 1. The van der Waals surface area contributed by atoms with Gasteiger partial charge in [0.2, 0.25) is 0 Å². The van der Waals surface area contributed by atoms with E-state index in [4.69, 9.17) is 16.6 Å². The lowest BCUT2D eigenvalue weighted by atomic mass is 10.0. The molecule has 0 saturated heterocycles. The number of halogens is 2. The minimum Gasteiger partial charge on any atom is -0.508 e. The molecule has 1 heterocycles. The van der Waals surface area contributed by atoms with E-state index in [-0.39, 0.29) is 10.3 Å². The molecule has 0 fully saturated rings. The Morgan fingerprint density at radius 1 is 0.868 bits per heavy atom. The van der Waals surface area contributed by atoms with E-state index in [0.717, 1.165) is 44.3 Å². The summed E-state index contributed by atoms with van der Waals surface area (Å²) in [5, 5.41) is 11.3. The molecule has 4 aromatic carbocycles. The monoisotopic (exact) mass is 559 g/mol. The van der Waals surface area contributed by atoms with Crippen molar-refractivity contribution in [3.8, 4) is 27.4 Å². The van der Waals surface area contributed by atoms with Gasteiger partial charge in [-0.1, -0.05) is 71.8 Å². The minimum absolute atomic E-state index is 0.122.